The van der Waals surface area contributed by atoms with Gasteiger partial charge >= 0.3 is 0 Å². The molecule has 0 radical (unpaired) electrons. The SMILES string of the molecule is CN1c2ccccc2CC[C@@H]1CO[Si](C)(C)C. The number of anilines is 1. The number of hydrogen-bond acceptors (Lipinski definition) is 2. The number of nitrogens with zero attached hydrogens (tertiary/aromatic N) is 1. The van der Waals surface area contributed by atoms with Gasteiger partial charge in [-0.1, -0.05) is 18.2 Å². The van der Waals surface area contributed by atoms with Crippen LogP contribution in [0.5, 0.6) is 0 Å². The molecule has 17 heavy (non-hydrogen) atoms. The number of rotatable bonds is 3. The molecule has 0 spiro atoms. The second-order valence-electron chi connectivity index (χ2n) is 5.86. The predicted octanol–water partition coefficient (Wildman–Crippen LogP) is 3.29. The molecule has 94 valence electrons. The molecule has 0 saturated carbocycles. The second kappa shape index (κ2) is 4.82. The zero-order chi connectivity index (χ0) is 12.5. The van der Waals surface area contributed by atoms with Crippen molar-refractivity contribution in [3.05, 3.63) is 29.8 Å². The molecule has 1 aromatic rings. The zero-order valence-corrected chi connectivity index (χ0v) is 12.4. The number of aryl methyl sites for hydroxylation is 1. The van der Waals surface area contributed by atoms with Crippen molar-refractivity contribution in [2.45, 2.75) is 38.5 Å². The van der Waals surface area contributed by atoms with Crippen LogP contribution in [0.3, 0.4) is 0 Å². The van der Waals surface area contributed by atoms with Crippen LogP contribution in [0.4, 0.5) is 5.69 Å². The van der Waals surface area contributed by atoms with Gasteiger partial charge in [0, 0.05) is 12.7 Å². The molecule has 1 aliphatic heterocycles. The fraction of sp³-hybridized carbons (Fsp3) is 0.571. The molecular weight excluding hydrogens is 226 g/mol. The first kappa shape index (κ1) is 12.6. The Hall–Kier alpha value is -0.803. The Bertz CT molecular complexity index is 386. The number of fused-ring (bicyclic) bond motifs is 1. The average Bonchev–Trinajstić information content (AvgIpc) is 2.27. The molecule has 1 aromatic carbocycles. The van der Waals surface area contributed by atoms with E-state index in [1.54, 1.807) is 0 Å². The zero-order valence-electron chi connectivity index (χ0n) is 11.4. The van der Waals surface area contributed by atoms with Gasteiger partial charge in [-0.05, 0) is 44.1 Å². The maximum atomic E-state index is 6.05. The smallest absolute Gasteiger partial charge is 0.183 e. The highest BCUT2D eigenvalue weighted by Gasteiger charge is 2.25. The highest BCUT2D eigenvalue weighted by Crippen LogP contribution is 2.29. The van der Waals surface area contributed by atoms with Gasteiger partial charge in [-0.2, -0.15) is 0 Å². The monoisotopic (exact) mass is 249 g/mol. The molecule has 2 rings (SSSR count). The molecule has 0 amide bonds. The largest absolute Gasteiger partial charge is 0.416 e. The van der Waals surface area contributed by atoms with Crippen LogP contribution in [0.15, 0.2) is 24.3 Å². The van der Waals surface area contributed by atoms with Crippen molar-refractivity contribution in [2.75, 3.05) is 18.6 Å². The Morgan fingerprint density at radius 2 is 2.00 bits per heavy atom. The molecule has 3 heteroatoms. The summed E-state index contributed by atoms with van der Waals surface area (Å²) in [6.07, 6.45) is 2.39. The average molecular weight is 249 g/mol. The van der Waals surface area contributed by atoms with E-state index in [2.05, 4.69) is 55.9 Å². The standard InChI is InChI=1S/C14H23NOSi/c1-15-13(11-16-17(2,3)4)10-9-12-7-5-6-8-14(12)15/h5-8,13H,9-11H2,1-4H3/t13-/m1/s1. The molecular formula is C14H23NOSi. The lowest BCUT2D eigenvalue weighted by Gasteiger charge is -2.37. The van der Waals surface area contributed by atoms with Crippen molar-refractivity contribution < 1.29 is 4.43 Å². The van der Waals surface area contributed by atoms with E-state index in [1.807, 2.05) is 0 Å². The summed E-state index contributed by atoms with van der Waals surface area (Å²) in [4.78, 5) is 2.39. The van der Waals surface area contributed by atoms with Gasteiger partial charge in [0.15, 0.2) is 8.32 Å². The lowest BCUT2D eigenvalue weighted by Crippen LogP contribution is -2.42. The van der Waals surface area contributed by atoms with Gasteiger partial charge in [-0.15, -0.1) is 0 Å². The van der Waals surface area contributed by atoms with Gasteiger partial charge < -0.3 is 9.33 Å². The summed E-state index contributed by atoms with van der Waals surface area (Å²) in [5.41, 5.74) is 2.85. The third kappa shape index (κ3) is 3.10. The van der Waals surface area contributed by atoms with Crippen LogP contribution < -0.4 is 4.90 Å². The molecule has 0 aliphatic carbocycles. The molecule has 0 N–H and O–H groups in total. The van der Waals surface area contributed by atoms with Crippen molar-refractivity contribution in [1.29, 1.82) is 0 Å². The molecule has 2 nitrogen and oxygen atoms in total. The van der Waals surface area contributed by atoms with Crippen molar-refractivity contribution in [3.8, 4) is 0 Å². The van der Waals surface area contributed by atoms with Crippen molar-refractivity contribution in [3.63, 3.8) is 0 Å². The number of hydrogen-bond donors (Lipinski definition) is 0. The van der Waals surface area contributed by atoms with Crippen molar-refractivity contribution in [1.82, 2.24) is 0 Å². The normalized spacial score (nSPS) is 20.2. The molecule has 0 saturated heterocycles. The number of benzene rings is 1. The third-order valence-corrected chi connectivity index (χ3v) is 4.41. The van der Waals surface area contributed by atoms with Crippen LogP contribution in [0.25, 0.3) is 0 Å². The first-order valence-electron chi connectivity index (χ1n) is 6.42. The van der Waals surface area contributed by atoms with Gasteiger partial charge in [-0.3, -0.25) is 0 Å². The lowest BCUT2D eigenvalue weighted by atomic mass is 9.97. The Morgan fingerprint density at radius 3 is 2.71 bits per heavy atom. The Kier molecular flexibility index (Phi) is 3.59. The van der Waals surface area contributed by atoms with Crippen LogP contribution in [-0.2, 0) is 10.8 Å². The fourth-order valence-corrected chi connectivity index (χ4v) is 3.01. The molecule has 0 bridgehead atoms. The minimum atomic E-state index is -1.39. The minimum Gasteiger partial charge on any atom is -0.416 e. The van der Waals surface area contributed by atoms with Crippen molar-refractivity contribution in [2.24, 2.45) is 0 Å². The maximum absolute atomic E-state index is 6.05. The molecule has 1 heterocycles. The van der Waals surface area contributed by atoms with E-state index in [-0.39, 0.29) is 0 Å². The molecule has 1 atom stereocenters. The first-order valence-corrected chi connectivity index (χ1v) is 9.83. The third-order valence-electron chi connectivity index (χ3n) is 3.37. The van der Waals surface area contributed by atoms with Crippen LogP contribution in [0.2, 0.25) is 19.6 Å². The van der Waals surface area contributed by atoms with E-state index in [0.717, 1.165) is 6.61 Å². The van der Waals surface area contributed by atoms with Crippen molar-refractivity contribution >= 4 is 14.0 Å². The van der Waals surface area contributed by atoms with Gasteiger partial charge in [0.05, 0.1) is 12.6 Å². The summed E-state index contributed by atoms with van der Waals surface area (Å²) in [6, 6.07) is 9.25. The Labute approximate surface area is 106 Å². The van der Waals surface area contributed by atoms with Gasteiger partial charge in [0.1, 0.15) is 0 Å². The van der Waals surface area contributed by atoms with E-state index in [1.165, 1.54) is 24.1 Å². The van der Waals surface area contributed by atoms with Gasteiger partial charge in [-0.25, -0.2) is 0 Å². The summed E-state index contributed by atoms with van der Waals surface area (Å²) in [7, 11) is 0.802. The molecule has 0 unspecified atom stereocenters. The van der Waals surface area contributed by atoms with Crippen LogP contribution in [-0.4, -0.2) is 28.0 Å². The van der Waals surface area contributed by atoms with Gasteiger partial charge in [0.2, 0.25) is 0 Å². The van der Waals surface area contributed by atoms with Crippen LogP contribution in [0, 0.1) is 0 Å². The van der Waals surface area contributed by atoms with E-state index in [0.29, 0.717) is 6.04 Å². The second-order valence-corrected chi connectivity index (χ2v) is 10.4. The highest BCUT2D eigenvalue weighted by molar-refractivity contribution is 6.69. The topological polar surface area (TPSA) is 12.5 Å². The molecule has 1 aliphatic rings. The Morgan fingerprint density at radius 1 is 1.29 bits per heavy atom. The Balaban J connectivity index is 2.05. The fourth-order valence-electron chi connectivity index (χ4n) is 2.32. The molecule has 0 aromatic heterocycles. The summed E-state index contributed by atoms with van der Waals surface area (Å²) < 4.78 is 6.05. The van der Waals surface area contributed by atoms with Crippen LogP contribution >= 0.6 is 0 Å². The molecule has 0 fully saturated rings. The summed E-state index contributed by atoms with van der Waals surface area (Å²) in [5, 5.41) is 0. The van der Waals surface area contributed by atoms with E-state index < -0.39 is 8.32 Å². The highest BCUT2D eigenvalue weighted by atomic mass is 28.4. The summed E-state index contributed by atoms with van der Waals surface area (Å²) >= 11 is 0. The number of likely N-dealkylation sites (N-methyl/N-ethyl adjacent to an activating group) is 1. The first-order chi connectivity index (χ1) is 7.97. The van der Waals surface area contributed by atoms with E-state index in [9.17, 15) is 0 Å². The summed E-state index contributed by atoms with van der Waals surface area (Å²) in [6.45, 7) is 7.64. The summed E-state index contributed by atoms with van der Waals surface area (Å²) in [5.74, 6) is 0. The van der Waals surface area contributed by atoms with Crippen LogP contribution in [0.1, 0.15) is 12.0 Å². The van der Waals surface area contributed by atoms with E-state index >= 15 is 0 Å². The number of para-hydroxylation sites is 1. The van der Waals surface area contributed by atoms with E-state index in [4.69, 9.17) is 4.43 Å². The maximum Gasteiger partial charge on any atom is 0.183 e. The predicted molar refractivity (Wildman–Crippen MR) is 76.3 cm³/mol. The lowest BCUT2D eigenvalue weighted by molar-refractivity contribution is 0.269. The quantitative estimate of drug-likeness (QED) is 0.762. The minimum absolute atomic E-state index is 0.539. The van der Waals surface area contributed by atoms with Gasteiger partial charge in [0.25, 0.3) is 0 Å².